The van der Waals surface area contributed by atoms with Crippen LogP contribution in [0.25, 0.3) is 47.8 Å². The van der Waals surface area contributed by atoms with Gasteiger partial charge >= 0.3 is 0 Å². The first-order chi connectivity index (χ1) is 49.3. The van der Waals surface area contributed by atoms with E-state index >= 15 is 0 Å². The van der Waals surface area contributed by atoms with Gasteiger partial charge in [-0.1, -0.05) is 336 Å². The van der Waals surface area contributed by atoms with E-state index in [1.165, 1.54) is 154 Å². The Morgan fingerprint density at radius 3 is 0.881 bits per heavy atom. The number of aromatic nitrogens is 3. The summed E-state index contributed by atoms with van der Waals surface area (Å²) in [5.41, 5.74) is 18.2. The van der Waals surface area contributed by atoms with Crippen LogP contribution in [0.15, 0.2) is 60.7 Å². The molecule has 0 aliphatic rings. The highest BCUT2D eigenvalue weighted by Crippen LogP contribution is 2.42. The van der Waals surface area contributed by atoms with E-state index < -0.39 is 0 Å². The lowest BCUT2D eigenvalue weighted by atomic mass is 10.0. The zero-order valence-corrected chi connectivity index (χ0v) is 65.4. The molecule has 0 amide bonds. The van der Waals surface area contributed by atoms with Gasteiger partial charge in [0, 0.05) is 27.8 Å². The number of nitrogen functional groups attached to an aromatic ring is 2. The number of benzene rings is 4. The van der Waals surface area contributed by atoms with E-state index in [4.69, 9.17) is 44.6 Å². The average Bonchev–Trinajstić information content (AvgIpc) is 0.822. The summed E-state index contributed by atoms with van der Waals surface area (Å²) in [5, 5.41) is 0. The van der Waals surface area contributed by atoms with Crippen molar-refractivity contribution in [1.29, 1.82) is 0 Å². The number of anilines is 2. The van der Waals surface area contributed by atoms with E-state index in [0.29, 0.717) is 75.7 Å². The van der Waals surface area contributed by atoms with Crippen LogP contribution in [0, 0.1) is 23.7 Å². The number of unbranched alkanes of at least 4 members (excludes halogenated alkanes) is 27. The zero-order valence-electron chi connectivity index (χ0n) is 65.4. The molecule has 5 aromatic rings. The van der Waals surface area contributed by atoms with Gasteiger partial charge in [0.05, 0.1) is 46.2 Å². The van der Waals surface area contributed by atoms with Gasteiger partial charge in [-0.3, -0.25) is 0 Å². The van der Waals surface area contributed by atoms with Crippen LogP contribution in [0.4, 0.5) is 11.9 Å². The van der Waals surface area contributed by atoms with E-state index in [2.05, 4.69) is 164 Å². The van der Waals surface area contributed by atoms with Crippen molar-refractivity contribution in [3.8, 4) is 51.6 Å². The molecule has 0 aliphatic heterocycles. The lowest BCUT2D eigenvalue weighted by molar-refractivity contribution is 0.234. The van der Waals surface area contributed by atoms with Crippen molar-refractivity contribution in [3.05, 3.63) is 94.0 Å². The molecule has 1 aromatic heterocycles. The number of nitrogens with two attached hydrogens (primary N) is 2. The number of rotatable bonds is 59. The Bertz CT molecular complexity index is 3020. The maximum absolute atomic E-state index is 6.91. The van der Waals surface area contributed by atoms with E-state index in [0.717, 1.165) is 143 Å². The molecule has 5 rings (SSSR count). The van der Waals surface area contributed by atoms with Gasteiger partial charge in [-0.05, 0) is 90.5 Å². The predicted octanol–water partition coefficient (Wildman–Crippen LogP) is 25.8. The van der Waals surface area contributed by atoms with E-state index in [9.17, 15) is 0 Å². The van der Waals surface area contributed by atoms with Crippen LogP contribution in [0.1, 0.15) is 328 Å². The third-order valence-corrected chi connectivity index (χ3v) is 19.7. The van der Waals surface area contributed by atoms with Crippen LogP contribution in [0.3, 0.4) is 0 Å². The lowest BCUT2D eigenvalue weighted by Crippen LogP contribution is -2.10. The van der Waals surface area contributed by atoms with Crippen LogP contribution < -0.4 is 44.6 Å². The fraction of sp³-hybridized carbons (Fsp3) is 0.629. The molecule has 4 N–H and O–H groups in total. The highest BCUT2D eigenvalue weighted by Gasteiger charge is 2.19. The smallest absolute Gasteiger partial charge is 0.225 e. The fourth-order valence-electron chi connectivity index (χ4n) is 11.8. The summed E-state index contributed by atoms with van der Waals surface area (Å²) in [7, 11) is 0. The summed E-state index contributed by atoms with van der Waals surface area (Å²) in [5.74, 6) is 7.32. The van der Waals surface area contributed by atoms with Crippen molar-refractivity contribution >= 4 is 48.4 Å². The van der Waals surface area contributed by atoms with Gasteiger partial charge in [0.15, 0.2) is 17.3 Å². The summed E-state index contributed by atoms with van der Waals surface area (Å²) < 4.78 is 48.0. The SMILES string of the molecule is CCCCCCCCCCCCOc1cc(/C=C/c2cc(OCC(C)CC)c(/C=C/c3cc(OCC(C)CC)c(/C=C/c4ccc(-c5nc(N)nc(N)n5)cc4)cc3OCC(C)CC)cc2OCC(C)CC)cc(OCCCCCCCCCCCC)c1OCCCCCCCCCCCC. The van der Waals surface area contributed by atoms with Gasteiger partial charge in [0.25, 0.3) is 0 Å². The molecular formula is C89H139N5O7. The molecule has 12 heteroatoms. The maximum atomic E-state index is 6.91. The number of ether oxygens (including phenoxy) is 7. The summed E-state index contributed by atoms with van der Waals surface area (Å²) in [6.07, 6.45) is 55.0. The zero-order chi connectivity index (χ0) is 72.5. The van der Waals surface area contributed by atoms with Crippen molar-refractivity contribution in [2.75, 3.05) is 57.7 Å². The minimum absolute atomic E-state index is 0.0835. The highest BCUT2D eigenvalue weighted by molar-refractivity contribution is 5.83. The second kappa shape index (κ2) is 52.3. The quantitative estimate of drug-likeness (QED) is 0.0281. The van der Waals surface area contributed by atoms with Crippen LogP contribution in [0.2, 0.25) is 0 Å². The molecule has 4 atom stereocenters. The Labute approximate surface area is 614 Å². The molecular weight excluding hydrogens is 1250 g/mol. The molecule has 0 aliphatic carbocycles. The predicted molar refractivity (Wildman–Crippen MR) is 432 cm³/mol. The minimum Gasteiger partial charge on any atom is -0.493 e. The number of hydrogen-bond donors (Lipinski definition) is 2. The topological polar surface area (TPSA) is 155 Å². The second-order valence-corrected chi connectivity index (χ2v) is 29.1. The molecule has 0 saturated heterocycles. The van der Waals surface area contributed by atoms with Crippen molar-refractivity contribution in [2.24, 2.45) is 23.7 Å². The lowest BCUT2D eigenvalue weighted by Gasteiger charge is -2.19. The van der Waals surface area contributed by atoms with Gasteiger partial charge < -0.3 is 44.6 Å². The largest absolute Gasteiger partial charge is 0.493 e. The van der Waals surface area contributed by atoms with Crippen LogP contribution >= 0.6 is 0 Å². The standard InChI is InChI=1S/C89H139N5O7/c1-12-19-22-25-28-31-34-37-40-43-56-95-84-59-74(60-85(96-57-44-41-38-35-32-29-26-23-20-13-2)86(84)97-58-45-42-39-36-33-30-27-24-21-14-3)49-53-77-62-83(101-68-72(11)18-7)79(64-81(77)99-66-70(9)16-5)55-54-78-63-80(98-65-69(8)15-4)76(61-82(78)100-67-71(10)17-6)52-48-73-46-50-75(51-47-73)87-92-88(90)94-89(91)93-87/h46-55,59-64,69-72H,12-45,56-58,65-68H2,1-11H3,(H4,90,91,92,93,94)/b52-48+,53-49+,55-54+. The molecule has 4 aromatic carbocycles. The molecule has 0 bridgehead atoms. The molecule has 0 spiro atoms. The Balaban J connectivity index is 1.56. The third kappa shape index (κ3) is 34.9. The summed E-state index contributed by atoms with van der Waals surface area (Å²) >= 11 is 0. The van der Waals surface area contributed by atoms with Crippen molar-refractivity contribution in [1.82, 2.24) is 15.0 Å². The van der Waals surface area contributed by atoms with E-state index in [-0.39, 0.29) is 11.9 Å². The van der Waals surface area contributed by atoms with Gasteiger partial charge in [-0.25, -0.2) is 0 Å². The monoisotopic (exact) mass is 1390 g/mol. The normalized spacial score (nSPS) is 12.9. The van der Waals surface area contributed by atoms with Crippen LogP contribution in [-0.4, -0.2) is 61.2 Å². The molecule has 4 unspecified atom stereocenters. The summed E-state index contributed by atoms with van der Waals surface area (Å²) in [6, 6.07) is 20.8. The number of nitrogens with zero attached hydrogens (tertiary/aromatic N) is 3. The van der Waals surface area contributed by atoms with Crippen LogP contribution in [-0.2, 0) is 0 Å². The Kier molecular flexibility index (Phi) is 44.0. The van der Waals surface area contributed by atoms with E-state index in [1.807, 2.05) is 24.3 Å². The molecule has 0 saturated carbocycles. The van der Waals surface area contributed by atoms with Gasteiger partial charge in [-0.2, -0.15) is 15.0 Å². The Morgan fingerprint density at radius 2 is 0.574 bits per heavy atom. The minimum atomic E-state index is 0.0835. The summed E-state index contributed by atoms with van der Waals surface area (Å²) in [6.45, 7) is 28.8. The number of hydrogen-bond acceptors (Lipinski definition) is 12. The van der Waals surface area contributed by atoms with Gasteiger partial charge in [0.2, 0.25) is 17.6 Å². The molecule has 0 fully saturated rings. The van der Waals surface area contributed by atoms with Gasteiger partial charge in [0.1, 0.15) is 23.0 Å². The highest BCUT2D eigenvalue weighted by atomic mass is 16.5. The molecule has 0 radical (unpaired) electrons. The third-order valence-electron chi connectivity index (χ3n) is 19.7. The molecule has 1 heterocycles. The fourth-order valence-corrected chi connectivity index (χ4v) is 11.8. The molecule has 101 heavy (non-hydrogen) atoms. The van der Waals surface area contributed by atoms with Crippen molar-refractivity contribution in [2.45, 2.75) is 294 Å². The molecule has 562 valence electrons. The average molecular weight is 1390 g/mol. The molecule has 12 nitrogen and oxygen atoms in total. The van der Waals surface area contributed by atoms with Crippen molar-refractivity contribution < 1.29 is 33.2 Å². The summed E-state index contributed by atoms with van der Waals surface area (Å²) in [4.78, 5) is 12.5. The van der Waals surface area contributed by atoms with Crippen LogP contribution in [0.5, 0.6) is 40.2 Å². The second-order valence-electron chi connectivity index (χ2n) is 29.1. The van der Waals surface area contributed by atoms with Crippen molar-refractivity contribution in [3.63, 3.8) is 0 Å². The van der Waals surface area contributed by atoms with E-state index in [1.54, 1.807) is 0 Å². The first-order valence-corrected chi connectivity index (χ1v) is 40.7. The Hall–Kier alpha value is -6.69. The Morgan fingerprint density at radius 1 is 0.297 bits per heavy atom. The van der Waals surface area contributed by atoms with Gasteiger partial charge in [-0.15, -0.1) is 0 Å². The first kappa shape index (κ1) is 85.0. The first-order valence-electron chi connectivity index (χ1n) is 40.7. The maximum Gasteiger partial charge on any atom is 0.225 e.